The van der Waals surface area contributed by atoms with Gasteiger partial charge in [0.25, 0.3) is 0 Å². The number of amides is 1. The number of aromatic nitrogens is 1. The second-order valence-electron chi connectivity index (χ2n) is 3.73. The molecule has 0 fully saturated rings. The molecule has 3 heteroatoms. The van der Waals surface area contributed by atoms with Crippen LogP contribution in [-0.4, -0.2) is 17.4 Å². The fourth-order valence-electron chi connectivity index (χ4n) is 1.29. The molecule has 0 saturated carbocycles. The molecular formula is C11H16N2O. The molecule has 0 bridgehead atoms. The Kier molecular flexibility index (Phi) is 3.63. The van der Waals surface area contributed by atoms with Crippen LogP contribution in [0.3, 0.4) is 0 Å². The van der Waals surface area contributed by atoms with E-state index in [2.05, 4.69) is 18.8 Å². The molecule has 0 atom stereocenters. The van der Waals surface area contributed by atoms with Crippen LogP contribution in [0.1, 0.15) is 20.8 Å². The highest BCUT2D eigenvalue weighted by Crippen LogP contribution is 2.13. The summed E-state index contributed by atoms with van der Waals surface area (Å²) in [7, 11) is 0. The first kappa shape index (κ1) is 10.7. The summed E-state index contributed by atoms with van der Waals surface area (Å²) in [5.74, 6) is 0.519. The smallest absolute Gasteiger partial charge is 0.223 e. The van der Waals surface area contributed by atoms with E-state index in [4.69, 9.17) is 0 Å². The molecule has 1 amide bonds. The van der Waals surface area contributed by atoms with E-state index in [0.717, 1.165) is 12.2 Å². The first-order chi connectivity index (χ1) is 6.61. The normalized spacial score (nSPS) is 10.3. The summed E-state index contributed by atoms with van der Waals surface area (Å²) in [6.45, 7) is 6.50. The Morgan fingerprint density at radius 2 is 2.29 bits per heavy atom. The lowest BCUT2D eigenvalue weighted by atomic mass is 10.2. The average molecular weight is 192 g/mol. The molecule has 76 valence electrons. The number of anilines is 1. The van der Waals surface area contributed by atoms with Crippen molar-refractivity contribution < 1.29 is 4.79 Å². The Morgan fingerprint density at radius 3 is 2.71 bits per heavy atom. The Bertz CT molecular complexity index is 295. The minimum absolute atomic E-state index is 0.0618. The lowest BCUT2D eigenvalue weighted by Crippen LogP contribution is -2.32. The second-order valence-corrected chi connectivity index (χ2v) is 3.73. The van der Waals surface area contributed by atoms with Gasteiger partial charge in [-0.1, -0.05) is 13.8 Å². The molecule has 3 nitrogen and oxygen atoms in total. The lowest BCUT2D eigenvalue weighted by Gasteiger charge is -2.22. The summed E-state index contributed by atoms with van der Waals surface area (Å²) in [6.07, 6.45) is 3.42. The predicted octanol–water partition coefficient (Wildman–Crippen LogP) is 2.09. The maximum absolute atomic E-state index is 11.4. The van der Waals surface area contributed by atoms with Gasteiger partial charge in [-0.15, -0.1) is 0 Å². The van der Waals surface area contributed by atoms with Crippen molar-refractivity contribution in [3.05, 3.63) is 24.5 Å². The van der Waals surface area contributed by atoms with Gasteiger partial charge in [-0.3, -0.25) is 9.78 Å². The molecule has 0 unspecified atom stereocenters. The summed E-state index contributed by atoms with van der Waals surface area (Å²) in [5, 5.41) is 0. The van der Waals surface area contributed by atoms with Gasteiger partial charge in [0.2, 0.25) is 5.91 Å². The number of pyridine rings is 1. The topological polar surface area (TPSA) is 33.2 Å². The van der Waals surface area contributed by atoms with Crippen LogP contribution >= 0.6 is 0 Å². The van der Waals surface area contributed by atoms with Crippen LogP contribution in [0.2, 0.25) is 0 Å². The van der Waals surface area contributed by atoms with E-state index in [1.807, 2.05) is 12.1 Å². The van der Waals surface area contributed by atoms with E-state index in [-0.39, 0.29) is 5.91 Å². The molecule has 1 aromatic rings. The average Bonchev–Trinajstić information content (AvgIpc) is 2.15. The summed E-state index contributed by atoms with van der Waals surface area (Å²) in [5.41, 5.74) is 0.869. The monoisotopic (exact) mass is 192 g/mol. The Hall–Kier alpha value is -1.38. The quantitative estimate of drug-likeness (QED) is 0.734. The molecule has 0 N–H and O–H groups in total. The summed E-state index contributed by atoms with van der Waals surface area (Å²) < 4.78 is 0. The van der Waals surface area contributed by atoms with E-state index in [1.165, 1.54) is 0 Å². The van der Waals surface area contributed by atoms with Gasteiger partial charge in [0, 0.05) is 19.7 Å². The zero-order valence-electron chi connectivity index (χ0n) is 8.90. The summed E-state index contributed by atoms with van der Waals surface area (Å²) in [4.78, 5) is 17.1. The lowest BCUT2D eigenvalue weighted by molar-refractivity contribution is -0.116. The number of hydrogen-bond donors (Lipinski definition) is 0. The molecule has 0 spiro atoms. The molecule has 1 aromatic heterocycles. The fraction of sp³-hybridized carbons (Fsp3) is 0.455. The number of rotatable bonds is 3. The van der Waals surface area contributed by atoms with Gasteiger partial charge in [0.05, 0.1) is 11.9 Å². The van der Waals surface area contributed by atoms with Crippen LogP contribution in [0.4, 0.5) is 5.69 Å². The largest absolute Gasteiger partial charge is 0.311 e. The maximum atomic E-state index is 11.4. The second kappa shape index (κ2) is 4.74. The fourth-order valence-corrected chi connectivity index (χ4v) is 1.29. The highest BCUT2D eigenvalue weighted by Gasteiger charge is 2.12. The molecule has 0 radical (unpaired) electrons. The summed E-state index contributed by atoms with van der Waals surface area (Å²) >= 11 is 0. The van der Waals surface area contributed by atoms with Crippen LogP contribution in [0.25, 0.3) is 0 Å². The Balaban J connectivity index is 2.84. The van der Waals surface area contributed by atoms with Gasteiger partial charge in [0.15, 0.2) is 0 Å². The van der Waals surface area contributed by atoms with E-state index in [0.29, 0.717) is 5.92 Å². The van der Waals surface area contributed by atoms with Crippen LogP contribution in [-0.2, 0) is 4.79 Å². The highest BCUT2D eigenvalue weighted by molar-refractivity contribution is 5.91. The minimum atomic E-state index is 0.0618. The van der Waals surface area contributed by atoms with E-state index < -0.39 is 0 Å². The van der Waals surface area contributed by atoms with Crippen molar-refractivity contribution in [2.24, 2.45) is 5.92 Å². The van der Waals surface area contributed by atoms with Crippen molar-refractivity contribution in [3.63, 3.8) is 0 Å². The van der Waals surface area contributed by atoms with Crippen molar-refractivity contribution in [3.8, 4) is 0 Å². The third-order valence-electron chi connectivity index (χ3n) is 1.89. The van der Waals surface area contributed by atoms with Gasteiger partial charge in [-0.25, -0.2) is 0 Å². The van der Waals surface area contributed by atoms with E-state index >= 15 is 0 Å². The first-order valence-electron chi connectivity index (χ1n) is 4.79. The van der Waals surface area contributed by atoms with Gasteiger partial charge < -0.3 is 4.90 Å². The first-order valence-corrected chi connectivity index (χ1v) is 4.79. The highest BCUT2D eigenvalue weighted by atomic mass is 16.2. The Labute approximate surface area is 84.8 Å². The van der Waals surface area contributed by atoms with Crippen LogP contribution in [0.15, 0.2) is 24.5 Å². The van der Waals surface area contributed by atoms with Crippen molar-refractivity contribution in [2.75, 3.05) is 11.4 Å². The number of hydrogen-bond acceptors (Lipinski definition) is 2. The van der Waals surface area contributed by atoms with Crippen molar-refractivity contribution in [2.45, 2.75) is 20.8 Å². The molecule has 0 aliphatic carbocycles. The minimum Gasteiger partial charge on any atom is -0.311 e. The van der Waals surface area contributed by atoms with Gasteiger partial charge in [-0.2, -0.15) is 0 Å². The molecule has 0 aliphatic heterocycles. The number of carbonyl (C=O) groups excluding carboxylic acids is 1. The van der Waals surface area contributed by atoms with Gasteiger partial charge in [-0.05, 0) is 18.1 Å². The van der Waals surface area contributed by atoms with Crippen LogP contribution < -0.4 is 4.90 Å². The standard InChI is InChI=1S/C11H16N2O/c1-9(2)8-13(10(3)14)11-5-4-6-12-7-11/h4-7,9H,8H2,1-3H3. The van der Waals surface area contributed by atoms with Crippen LogP contribution in [0, 0.1) is 5.92 Å². The van der Waals surface area contributed by atoms with Crippen molar-refractivity contribution >= 4 is 11.6 Å². The van der Waals surface area contributed by atoms with E-state index in [1.54, 1.807) is 24.2 Å². The molecule has 0 aliphatic rings. The molecular weight excluding hydrogens is 176 g/mol. The molecule has 0 aromatic carbocycles. The molecule has 14 heavy (non-hydrogen) atoms. The zero-order valence-corrected chi connectivity index (χ0v) is 8.90. The van der Waals surface area contributed by atoms with Gasteiger partial charge in [0.1, 0.15) is 0 Å². The SMILES string of the molecule is CC(=O)N(CC(C)C)c1cccnc1. The summed E-state index contributed by atoms with van der Waals surface area (Å²) in [6, 6.07) is 3.74. The van der Waals surface area contributed by atoms with Crippen molar-refractivity contribution in [1.29, 1.82) is 0 Å². The third kappa shape index (κ3) is 2.83. The maximum Gasteiger partial charge on any atom is 0.223 e. The zero-order chi connectivity index (χ0) is 10.6. The molecule has 1 rings (SSSR count). The van der Waals surface area contributed by atoms with Crippen molar-refractivity contribution in [1.82, 2.24) is 4.98 Å². The Morgan fingerprint density at radius 1 is 1.57 bits per heavy atom. The third-order valence-corrected chi connectivity index (χ3v) is 1.89. The van der Waals surface area contributed by atoms with Gasteiger partial charge >= 0.3 is 0 Å². The molecule has 1 heterocycles. The predicted molar refractivity (Wildman–Crippen MR) is 57.1 cm³/mol. The van der Waals surface area contributed by atoms with E-state index in [9.17, 15) is 4.79 Å². The molecule has 0 saturated heterocycles. The number of nitrogens with zero attached hydrogens (tertiary/aromatic N) is 2. The number of carbonyl (C=O) groups is 1. The van der Waals surface area contributed by atoms with Crippen LogP contribution in [0.5, 0.6) is 0 Å².